The number of amides is 3. The fourth-order valence-corrected chi connectivity index (χ4v) is 2.29. The average molecular weight is 255 g/mol. The molecule has 0 aromatic carbocycles. The van der Waals surface area contributed by atoms with Crippen LogP contribution in [0.4, 0.5) is 0 Å². The van der Waals surface area contributed by atoms with E-state index in [1.807, 2.05) is 6.92 Å². The van der Waals surface area contributed by atoms with Crippen molar-refractivity contribution in [1.82, 2.24) is 15.5 Å². The van der Waals surface area contributed by atoms with E-state index in [0.717, 1.165) is 6.54 Å². The van der Waals surface area contributed by atoms with E-state index < -0.39 is 11.8 Å². The molecule has 2 N–H and O–H groups in total. The van der Waals surface area contributed by atoms with E-state index >= 15 is 0 Å². The van der Waals surface area contributed by atoms with E-state index in [1.165, 1.54) is 4.90 Å². The maximum absolute atomic E-state index is 12.3. The largest absolute Gasteiger partial charge is 0.379 e. The Morgan fingerprint density at radius 1 is 1.39 bits per heavy atom. The number of carbonyl (C=O) groups excluding carboxylic acids is 3. The summed E-state index contributed by atoms with van der Waals surface area (Å²) in [6.07, 6.45) is 0. The SMILES string of the molecule is CCNC1COCC1C(=O)N1CC(=O)NC(=O)C1. The number of nitrogens with one attached hydrogen (secondary N) is 2. The first kappa shape index (κ1) is 13.0. The van der Waals surface area contributed by atoms with Crippen LogP contribution in [-0.2, 0) is 19.1 Å². The monoisotopic (exact) mass is 255 g/mol. The minimum absolute atomic E-state index is 0.0393. The second kappa shape index (κ2) is 5.45. The lowest BCUT2D eigenvalue weighted by Crippen LogP contribution is -2.56. The number of hydrogen-bond donors (Lipinski definition) is 2. The van der Waals surface area contributed by atoms with Crippen molar-refractivity contribution >= 4 is 17.7 Å². The van der Waals surface area contributed by atoms with Crippen molar-refractivity contribution in [3.8, 4) is 0 Å². The molecular formula is C11H17N3O4. The van der Waals surface area contributed by atoms with Crippen molar-refractivity contribution in [2.45, 2.75) is 13.0 Å². The Hall–Kier alpha value is -1.47. The standard InChI is InChI=1S/C11H17N3O4/c1-2-12-8-6-18-5-7(8)11(17)14-3-9(15)13-10(16)4-14/h7-8,12H,2-6H2,1H3,(H,13,15,16). The van der Waals surface area contributed by atoms with Crippen molar-refractivity contribution in [1.29, 1.82) is 0 Å². The lowest BCUT2D eigenvalue weighted by Gasteiger charge is -2.29. The number of nitrogens with zero attached hydrogens (tertiary/aromatic N) is 1. The van der Waals surface area contributed by atoms with Gasteiger partial charge in [-0.2, -0.15) is 0 Å². The van der Waals surface area contributed by atoms with Gasteiger partial charge in [-0.15, -0.1) is 0 Å². The van der Waals surface area contributed by atoms with Gasteiger partial charge >= 0.3 is 0 Å². The molecule has 0 aliphatic carbocycles. The zero-order chi connectivity index (χ0) is 13.1. The van der Waals surface area contributed by atoms with Crippen molar-refractivity contribution in [3.63, 3.8) is 0 Å². The number of imide groups is 1. The van der Waals surface area contributed by atoms with E-state index in [9.17, 15) is 14.4 Å². The average Bonchev–Trinajstić information content (AvgIpc) is 2.75. The molecule has 2 saturated heterocycles. The van der Waals surface area contributed by atoms with Crippen molar-refractivity contribution in [2.75, 3.05) is 32.8 Å². The van der Waals surface area contributed by atoms with E-state index in [4.69, 9.17) is 4.74 Å². The van der Waals surface area contributed by atoms with E-state index in [0.29, 0.717) is 13.2 Å². The Morgan fingerprint density at radius 2 is 2.06 bits per heavy atom. The third-order valence-corrected chi connectivity index (χ3v) is 3.12. The molecule has 2 fully saturated rings. The molecule has 0 radical (unpaired) electrons. The summed E-state index contributed by atoms with van der Waals surface area (Å²) in [5.74, 6) is -1.37. The molecule has 7 nitrogen and oxygen atoms in total. The van der Waals surface area contributed by atoms with Gasteiger partial charge in [0.1, 0.15) is 13.1 Å². The molecule has 2 aliphatic rings. The smallest absolute Gasteiger partial charge is 0.246 e. The van der Waals surface area contributed by atoms with Crippen LogP contribution < -0.4 is 10.6 Å². The van der Waals surface area contributed by atoms with E-state index in [-0.39, 0.29) is 31.0 Å². The van der Waals surface area contributed by atoms with Gasteiger partial charge in [-0.1, -0.05) is 6.92 Å². The summed E-state index contributed by atoms with van der Waals surface area (Å²) < 4.78 is 5.29. The van der Waals surface area contributed by atoms with Gasteiger partial charge in [0.05, 0.1) is 19.1 Å². The molecule has 0 aromatic heterocycles. The van der Waals surface area contributed by atoms with Gasteiger partial charge in [0.2, 0.25) is 17.7 Å². The Labute approximate surface area is 105 Å². The highest BCUT2D eigenvalue weighted by Gasteiger charge is 2.38. The van der Waals surface area contributed by atoms with Crippen LogP contribution in [0.15, 0.2) is 0 Å². The fourth-order valence-electron chi connectivity index (χ4n) is 2.29. The summed E-state index contributed by atoms with van der Waals surface area (Å²) in [4.78, 5) is 36.0. The predicted octanol–water partition coefficient (Wildman–Crippen LogP) is -1.90. The molecule has 100 valence electrons. The summed E-state index contributed by atoms with van der Waals surface area (Å²) in [5, 5.41) is 5.35. The van der Waals surface area contributed by atoms with Gasteiger partial charge in [0.15, 0.2) is 0 Å². The van der Waals surface area contributed by atoms with Crippen LogP contribution in [0.25, 0.3) is 0 Å². The fraction of sp³-hybridized carbons (Fsp3) is 0.727. The van der Waals surface area contributed by atoms with Crippen LogP contribution in [0, 0.1) is 5.92 Å². The van der Waals surface area contributed by atoms with Crippen LogP contribution in [0.5, 0.6) is 0 Å². The highest BCUT2D eigenvalue weighted by molar-refractivity contribution is 6.02. The maximum atomic E-state index is 12.3. The zero-order valence-corrected chi connectivity index (χ0v) is 10.3. The number of rotatable bonds is 3. The number of piperazine rings is 1. The Balaban J connectivity index is 2.01. The first-order valence-corrected chi connectivity index (χ1v) is 6.04. The third kappa shape index (κ3) is 2.68. The van der Waals surface area contributed by atoms with E-state index in [2.05, 4.69) is 10.6 Å². The molecule has 0 aromatic rings. The Morgan fingerprint density at radius 3 is 2.67 bits per heavy atom. The normalized spacial score (nSPS) is 28.4. The maximum Gasteiger partial charge on any atom is 0.246 e. The predicted molar refractivity (Wildman–Crippen MR) is 61.5 cm³/mol. The topological polar surface area (TPSA) is 87.7 Å². The summed E-state index contributed by atoms with van der Waals surface area (Å²) in [6.45, 7) is 3.41. The molecule has 7 heteroatoms. The first-order chi connectivity index (χ1) is 8.61. The molecule has 2 unspecified atom stereocenters. The first-order valence-electron chi connectivity index (χ1n) is 6.04. The van der Waals surface area contributed by atoms with Crippen LogP contribution in [-0.4, -0.2) is 61.5 Å². The second-order valence-corrected chi connectivity index (χ2v) is 4.47. The lowest BCUT2D eigenvalue weighted by molar-refractivity contribution is -0.147. The number of likely N-dealkylation sites (N-methyl/N-ethyl adjacent to an activating group) is 1. The highest BCUT2D eigenvalue weighted by atomic mass is 16.5. The van der Waals surface area contributed by atoms with Gasteiger partial charge < -0.3 is 15.0 Å². The second-order valence-electron chi connectivity index (χ2n) is 4.47. The van der Waals surface area contributed by atoms with Gasteiger partial charge in [-0.25, -0.2) is 0 Å². The van der Waals surface area contributed by atoms with E-state index in [1.54, 1.807) is 0 Å². The quantitative estimate of drug-likeness (QED) is 0.575. The van der Waals surface area contributed by atoms with Crippen LogP contribution in [0.2, 0.25) is 0 Å². The molecule has 0 spiro atoms. The summed E-state index contributed by atoms with van der Waals surface area (Å²) in [6, 6.07) is -0.0393. The molecule has 0 bridgehead atoms. The van der Waals surface area contributed by atoms with Crippen molar-refractivity contribution in [2.24, 2.45) is 5.92 Å². The van der Waals surface area contributed by atoms with Crippen molar-refractivity contribution in [3.05, 3.63) is 0 Å². The van der Waals surface area contributed by atoms with Gasteiger partial charge in [0, 0.05) is 6.04 Å². The molecule has 2 atom stereocenters. The molecule has 18 heavy (non-hydrogen) atoms. The van der Waals surface area contributed by atoms with Gasteiger partial charge in [-0.05, 0) is 6.54 Å². The Bertz CT molecular complexity index is 355. The minimum Gasteiger partial charge on any atom is -0.379 e. The van der Waals surface area contributed by atoms with Crippen LogP contribution >= 0.6 is 0 Å². The van der Waals surface area contributed by atoms with Crippen LogP contribution in [0.3, 0.4) is 0 Å². The molecule has 2 heterocycles. The van der Waals surface area contributed by atoms with Gasteiger partial charge in [-0.3, -0.25) is 19.7 Å². The van der Waals surface area contributed by atoms with Crippen LogP contribution in [0.1, 0.15) is 6.92 Å². The number of carbonyl (C=O) groups is 3. The molecule has 3 amide bonds. The molecule has 2 rings (SSSR count). The third-order valence-electron chi connectivity index (χ3n) is 3.12. The van der Waals surface area contributed by atoms with Crippen molar-refractivity contribution < 1.29 is 19.1 Å². The zero-order valence-electron chi connectivity index (χ0n) is 10.3. The highest BCUT2D eigenvalue weighted by Crippen LogP contribution is 2.17. The summed E-state index contributed by atoms with van der Waals surface area (Å²) in [5.41, 5.74) is 0. The number of ether oxygens (including phenoxy) is 1. The minimum atomic E-state index is -0.432. The summed E-state index contributed by atoms with van der Waals surface area (Å²) >= 11 is 0. The molecule has 0 saturated carbocycles. The van der Waals surface area contributed by atoms with Gasteiger partial charge in [0.25, 0.3) is 0 Å². The Kier molecular flexibility index (Phi) is 3.93. The number of hydrogen-bond acceptors (Lipinski definition) is 5. The molecular weight excluding hydrogens is 238 g/mol. The summed E-state index contributed by atoms with van der Waals surface area (Å²) in [7, 11) is 0. The molecule has 2 aliphatic heterocycles. The lowest BCUT2D eigenvalue weighted by atomic mass is 10.0.